The van der Waals surface area contributed by atoms with Gasteiger partial charge in [0.1, 0.15) is 17.3 Å². The van der Waals surface area contributed by atoms with E-state index in [1.54, 1.807) is 25.1 Å². The fraction of sp³-hybridized carbons (Fsp3) is 0.0714. The van der Waals surface area contributed by atoms with Gasteiger partial charge in [-0.15, -0.1) is 0 Å². The Bertz CT molecular complexity index is 632. The van der Waals surface area contributed by atoms with Gasteiger partial charge in [0.15, 0.2) is 0 Å². The van der Waals surface area contributed by atoms with Crippen LogP contribution in [0.4, 0.5) is 10.1 Å². The minimum absolute atomic E-state index is 0.282. The van der Waals surface area contributed by atoms with Gasteiger partial charge in [-0.25, -0.2) is 4.39 Å². The lowest BCUT2D eigenvalue weighted by molar-refractivity contribution is 0.482. The number of nitrogen functional groups attached to an aromatic ring is 1. The van der Waals surface area contributed by atoms with E-state index in [2.05, 4.69) is 0 Å². The monoisotopic (exact) mass is 242 g/mol. The molecule has 0 aromatic heterocycles. The summed E-state index contributed by atoms with van der Waals surface area (Å²) < 4.78 is 18.6. The Labute approximate surface area is 104 Å². The normalized spacial score (nSPS) is 9.83. The standard InChI is InChI=1S/C14H11FN2O/c1-9-6-11(3-4-12(9)15)18-14-5-2-10(8-16)7-13(14)17/h2-7H,17H2,1H3. The van der Waals surface area contributed by atoms with Crippen molar-refractivity contribution < 1.29 is 9.13 Å². The van der Waals surface area contributed by atoms with Crippen molar-refractivity contribution in [2.24, 2.45) is 0 Å². The van der Waals surface area contributed by atoms with E-state index < -0.39 is 0 Å². The Morgan fingerprint density at radius 3 is 2.61 bits per heavy atom. The Hall–Kier alpha value is -2.54. The zero-order valence-corrected chi connectivity index (χ0v) is 9.77. The van der Waals surface area contributed by atoms with E-state index in [4.69, 9.17) is 15.7 Å². The molecule has 0 atom stereocenters. The quantitative estimate of drug-likeness (QED) is 0.821. The first-order valence-corrected chi connectivity index (χ1v) is 5.34. The van der Waals surface area contributed by atoms with E-state index in [1.807, 2.05) is 6.07 Å². The summed E-state index contributed by atoms with van der Waals surface area (Å²) in [5.74, 6) is 0.667. The van der Waals surface area contributed by atoms with Crippen LogP contribution >= 0.6 is 0 Å². The lowest BCUT2D eigenvalue weighted by Gasteiger charge is -2.09. The Kier molecular flexibility index (Phi) is 3.16. The molecule has 0 heterocycles. The number of nitrogens with two attached hydrogens (primary N) is 1. The highest BCUT2D eigenvalue weighted by Crippen LogP contribution is 2.28. The smallest absolute Gasteiger partial charge is 0.150 e. The molecule has 0 aliphatic heterocycles. The second kappa shape index (κ2) is 4.76. The van der Waals surface area contributed by atoms with Crippen molar-refractivity contribution in [1.29, 1.82) is 5.26 Å². The number of ether oxygens (including phenoxy) is 1. The zero-order chi connectivity index (χ0) is 13.1. The molecular formula is C14H11FN2O. The summed E-state index contributed by atoms with van der Waals surface area (Å²) >= 11 is 0. The minimum atomic E-state index is -0.282. The van der Waals surface area contributed by atoms with Crippen LogP contribution in [0, 0.1) is 24.1 Å². The van der Waals surface area contributed by atoms with E-state index in [0.717, 1.165) is 0 Å². The molecule has 0 saturated carbocycles. The lowest BCUT2D eigenvalue weighted by Crippen LogP contribution is -1.93. The van der Waals surface area contributed by atoms with Crippen LogP contribution in [0.5, 0.6) is 11.5 Å². The lowest BCUT2D eigenvalue weighted by atomic mass is 10.2. The molecule has 0 spiro atoms. The number of hydrogen-bond acceptors (Lipinski definition) is 3. The highest BCUT2D eigenvalue weighted by molar-refractivity contribution is 5.57. The largest absolute Gasteiger partial charge is 0.455 e. The van der Waals surface area contributed by atoms with E-state index in [-0.39, 0.29) is 5.82 Å². The topological polar surface area (TPSA) is 59.0 Å². The van der Waals surface area contributed by atoms with Gasteiger partial charge in [-0.05, 0) is 48.9 Å². The number of halogens is 1. The maximum absolute atomic E-state index is 13.1. The van der Waals surface area contributed by atoms with Gasteiger partial charge >= 0.3 is 0 Å². The summed E-state index contributed by atoms with van der Waals surface area (Å²) in [6, 6.07) is 11.2. The molecular weight excluding hydrogens is 231 g/mol. The maximum Gasteiger partial charge on any atom is 0.150 e. The van der Waals surface area contributed by atoms with Crippen molar-refractivity contribution in [2.45, 2.75) is 6.92 Å². The number of rotatable bonds is 2. The van der Waals surface area contributed by atoms with Gasteiger partial charge in [0.2, 0.25) is 0 Å². The first-order valence-electron chi connectivity index (χ1n) is 5.34. The third-order valence-corrected chi connectivity index (χ3v) is 2.50. The molecule has 0 radical (unpaired) electrons. The first kappa shape index (κ1) is 11.9. The van der Waals surface area contributed by atoms with E-state index in [0.29, 0.717) is 28.3 Å². The predicted octanol–water partition coefficient (Wildman–Crippen LogP) is 3.38. The van der Waals surface area contributed by atoms with Crippen LogP contribution in [-0.4, -0.2) is 0 Å². The average Bonchev–Trinajstić information content (AvgIpc) is 2.36. The maximum atomic E-state index is 13.1. The Morgan fingerprint density at radius 2 is 2.00 bits per heavy atom. The molecule has 0 bridgehead atoms. The van der Waals surface area contributed by atoms with Crippen LogP contribution in [0.1, 0.15) is 11.1 Å². The summed E-state index contributed by atoms with van der Waals surface area (Å²) in [6.45, 7) is 1.66. The van der Waals surface area contributed by atoms with Gasteiger partial charge < -0.3 is 10.5 Å². The van der Waals surface area contributed by atoms with Crippen molar-refractivity contribution in [3.63, 3.8) is 0 Å². The first-order chi connectivity index (χ1) is 8.60. The van der Waals surface area contributed by atoms with Crippen molar-refractivity contribution in [1.82, 2.24) is 0 Å². The number of benzene rings is 2. The Morgan fingerprint density at radius 1 is 1.22 bits per heavy atom. The van der Waals surface area contributed by atoms with E-state index in [1.165, 1.54) is 18.2 Å². The molecule has 0 aliphatic carbocycles. The number of nitrogens with zero attached hydrogens (tertiary/aromatic N) is 1. The highest BCUT2D eigenvalue weighted by Gasteiger charge is 2.05. The van der Waals surface area contributed by atoms with Crippen LogP contribution in [0.2, 0.25) is 0 Å². The predicted molar refractivity (Wildman–Crippen MR) is 66.8 cm³/mol. The molecule has 2 N–H and O–H groups in total. The van der Waals surface area contributed by atoms with Crippen LogP contribution in [-0.2, 0) is 0 Å². The molecule has 18 heavy (non-hydrogen) atoms. The van der Waals surface area contributed by atoms with Crippen molar-refractivity contribution >= 4 is 5.69 Å². The van der Waals surface area contributed by atoms with Gasteiger partial charge in [0.25, 0.3) is 0 Å². The summed E-state index contributed by atoms with van der Waals surface area (Å²) in [7, 11) is 0. The molecule has 0 amide bonds. The van der Waals surface area contributed by atoms with E-state index in [9.17, 15) is 4.39 Å². The number of anilines is 1. The van der Waals surface area contributed by atoms with Crippen molar-refractivity contribution in [2.75, 3.05) is 5.73 Å². The summed E-state index contributed by atoms with van der Waals surface area (Å²) in [6.07, 6.45) is 0. The fourth-order valence-corrected chi connectivity index (χ4v) is 1.52. The fourth-order valence-electron chi connectivity index (χ4n) is 1.52. The van der Waals surface area contributed by atoms with Crippen molar-refractivity contribution in [3.8, 4) is 17.6 Å². The van der Waals surface area contributed by atoms with Crippen molar-refractivity contribution in [3.05, 3.63) is 53.3 Å². The minimum Gasteiger partial charge on any atom is -0.455 e. The van der Waals surface area contributed by atoms with Gasteiger partial charge in [0.05, 0.1) is 17.3 Å². The second-order valence-electron chi connectivity index (χ2n) is 3.88. The van der Waals surface area contributed by atoms with Gasteiger partial charge in [0, 0.05) is 0 Å². The SMILES string of the molecule is Cc1cc(Oc2ccc(C#N)cc2N)ccc1F. The summed E-state index contributed by atoms with van der Waals surface area (Å²) in [4.78, 5) is 0. The highest BCUT2D eigenvalue weighted by atomic mass is 19.1. The van der Waals surface area contributed by atoms with Gasteiger partial charge in [-0.2, -0.15) is 5.26 Å². The van der Waals surface area contributed by atoms with E-state index >= 15 is 0 Å². The van der Waals surface area contributed by atoms with Crippen LogP contribution in [0.25, 0.3) is 0 Å². The third-order valence-electron chi connectivity index (χ3n) is 2.50. The molecule has 90 valence electrons. The van der Waals surface area contributed by atoms with Gasteiger partial charge in [-0.3, -0.25) is 0 Å². The third kappa shape index (κ3) is 2.41. The molecule has 0 fully saturated rings. The summed E-state index contributed by atoms with van der Waals surface area (Å²) in [5, 5.41) is 8.72. The molecule has 0 saturated heterocycles. The molecule has 3 nitrogen and oxygen atoms in total. The van der Waals surface area contributed by atoms with Crippen LogP contribution in [0.3, 0.4) is 0 Å². The molecule has 0 unspecified atom stereocenters. The Balaban J connectivity index is 2.29. The number of nitriles is 1. The number of aryl methyl sites for hydroxylation is 1. The average molecular weight is 242 g/mol. The van der Waals surface area contributed by atoms with Gasteiger partial charge in [-0.1, -0.05) is 0 Å². The molecule has 2 aromatic rings. The molecule has 0 aliphatic rings. The van der Waals surface area contributed by atoms with Crippen LogP contribution in [0.15, 0.2) is 36.4 Å². The number of hydrogen-bond donors (Lipinski definition) is 1. The summed E-state index contributed by atoms with van der Waals surface area (Å²) in [5.41, 5.74) is 7.10. The molecule has 2 rings (SSSR count). The molecule has 2 aromatic carbocycles. The van der Waals surface area contributed by atoms with Crippen LogP contribution < -0.4 is 10.5 Å². The molecule has 4 heteroatoms. The zero-order valence-electron chi connectivity index (χ0n) is 9.77. The second-order valence-corrected chi connectivity index (χ2v) is 3.88.